The molecule has 5 heteroatoms. The second-order valence-electron chi connectivity index (χ2n) is 3.48. The van der Waals surface area contributed by atoms with Crippen molar-refractivity contribution in [3.63, 3.8) is 0 Å². The molecule has 0 spiro atoms. The van der Waals surface area contributed by atoms with E-state index in [9.17, 15) is 13.2 Å². The highest BCUT2D eigenvalue weighted by atomic mass is 32.2. The van der Waals surface area contributed by atoms with Gasteiger partial charge in [-0.05, 0) is 13.0 Å². The molecule has 1 N–H and O–H groups in total. The summed E-state index contributed by atoms with van der Waals surface area (Å²) in [5, 5.41) is 3.06. The van der Waals surface area contributed by atoms with Gasteiger partial charge in [-0.1, -0.05) is 13.8 Å². The number of carbonyl (C=O) groups is 1. The molecule has 0 aliphatic carbocycles. The third-order valence-electron chi connectivity index (χ3n) is 2.18. The number of rotatable bonds is 9. The molecule has 0 rings (SSSR count). The fourth-order valence-electron chi connectivity index (χ4n) is 1.16. The van der Waals surface area contributed by atoms with Gasteiger partial charge in [-0.25, -0.2) is 8.42 Å². The predicted molar refractivity (Wildman–Crippen MR) is 61.7 cm³/mol. The number of Topliss-reactive ketones (excluding diaryl/α,β-unsaturated/α-hetero) is 1. The zero-order valence-electron chi connectivity index (χ0n) is 9.58. The number of hydrogen-bond acceptors (Lipinski definition) is 4. The number of carbonyl (C=O) groups excluding carboxylic acids is 1. The molecule has 4 nitrogen and oxygen atoms in total. The van der Waals surface area contributed by atoms with Crippen LogP contribution in [0.5, 0.6) is 0 Å². The van der Waals surface area contributed by atoms with Crippen molar-refractivity contribution >= 4 is 15.6 Å². The van der Waals surface area contributed by atoms with Gasteiger partial charge in [-0.2, -0.15) is 0 Å². The molecule has 0 saturated heterocycles. The summed E-state index contributed by atoms with van der Waals surface area (Å²) in [4.78, 5) is 11.3. The lowest BCUT2D eigenvalue weighted by molar-refractivity contribution is -0.119. The predicted octanol–water partition coefficient (Wildman–Crippen LogP) is 0.770. The minimum Gasteiger partial charge on any atom is -0.317 e. The smallest absolute Gasteiger partial charge is 0.150 e. The van der Waals surface area contributed by atoms with E-state index in [0.29, 0.717) is 25.8 Å². The molecule has 0 aromatic heterocycles. The molecule has 0 heterocycles. The average molecular weight is 235 g/mol. The molecule has 0 atom stereocenters. The summed E-state index contributed by atoms with van der Waals surface area (Å²) in [5.74, 6) is 0.442. The molecule has 0 aliphatic heterocycles. The molecule has 15 heavy (non-hydrogen) atoms. The zero-order valence-corrected chi connectivity index (χ0v) is 10.4. The zero-order chi connectivity index (χ0) is 11.7. The second-order valence-corrected chi connectivity index (χ2v) is 5.95. The van der Waals surface area contributed by atoms with Crippen molar-refractivity contribution in [3.8, 4) is 0 Å². The van der Waals surface area contributed by atoms with Gasteiger partial charge < -0.3 is 5.32 Å². The number of hydrogen-bond donors (Lipinski definition) is 1. The molecular formula is C10H21NO3S. The first kappa shape index (κ1) is 14.6. The third-order valence-corrected chi connectivity index (χ3v) is 3.97. The van der Waals surface area contributed by atoms with Crippen LogP contribution in [0.15, 0.2) is 0 Å². The van der Waals surface area contributed by atoms with E-state index >= 15 is 0 Å². The lowest BCUT2D eigenvalue weighted by atomic mass is 10.2. The Morgan fingerprint density at radius 3 is 2.40 bits per heavy atom. The van der Waals surface area contributed by atoms with Gasteiger partial charge in [0, 0.05) is 25.1 Å². The van der Waals surface area contributed by atoms with Crippen LogP contribution >= 0.6 is 0 Å². The van der Waals surface area contributed by atoms with Gasteiger partial charge in [0.2, 0.25) is 0 Å². The normalized spacial score (nSPS) is 11.6. The molecule has 0 amide bonds. The van der Waals surface area contributed by atoms with Crippen LogP contribution < -0.4 is 5.32 Å². The molecule has 0 bridgehead atoms. The van der Waals surface area contributed by atoms with Gasteiger partial charge in [-0.3, -0.25) is 4.79 Å². The average Bonchev–Trinajstić information content (AvgIpc) is 2.18. The minimum atomic E-state index is -2.91. The van der Waals surface area contributed by atoms with Crippen LogP contribution in [0, 0.1) is 0 Å². The number of sulfone groups is 1. The molecule has 90 valence electrons. The van der Waals surface area contributed by atoms with E-state index in [1.165, 1.54) is 0 Å². The van der Waals surface area contributed by atoms with E-state index in [1.807, 2.05) is 6.92 Å². The first-order chi connectivity index (χ1) is 7.02. The van der Waals surface area contributed by atoms with Crippen LogP contribution in [-0.4, -0.2) is 38.8 Å². The lowest BCUT2D eigenvalue weighted by Gasteiger charge is -2.02. The van der Waals surface area contributed by atoms with Crippen molar-refractivity contribution in [2.75, 3.05) is 24.6 Å². The fraction of sp³-hybridized carbons (Fsp3) is 0.900. The molecule has 0 aliphatic rings. The van der Waals surface area contributed by atoms with E-state index in [2.05, 4.69) is 5.32 Å². The maximum atomic E-state index is 11.3. The summed E-state index contributed by atoms with van der Waals surface area (Å²) in [7, 11) is -2.91. The Morgan fingerprint density at radius 1 is 1.20 bits per heavy atom. The Kier molecular flexibility index (Phi) is 7.60. The highest BCUT2D eigenvalue weighted by Gasteiger charge is 2.08. The largest absolute Gasteiger partial charge is 0.317 e. The van der Waals surface area contributed by atoms with Crippen LogP contribution in [-0.2, 0) is 14.6 Å². The van der Waals surface area contributed by atoms with Crippen molar-refractivity contribution in [2.24, 2.45) is 0 Å². The molecule has 0 fully saturated rings. The van der Waals surface area contributed by atoms with Gasteiger partial charge in [0.05, 0.1) is 5.75 Å². The molecule has 0 aromatic carbocycles. The lowest BCUT2D eigenvalue weighted by Crippen LogP contribution is -2.18. The Labute approximate surface area is 92.4 Å². The van der Waals surface area contributed by atoms with Crippen LogP contribution in [0.1, 0.15) is 33.1 Å². The molecule has 0 saturated carbocycles. The molecule has 0 radical (unpaired) electrons. The van der Waals surface area contributed by atoms with E-state index in [4.69, 9.17) is 0 Å². The van der Waals surface area contributed by atoms with Crippen LogP contribution in [0.25, 0.3) is 0 Å². The Balaban J connectivity index is 3.55. The first-order valence-corrected chi connectivity index (χ1v) is 7.26. The van der Waals surface area contributed by atoms with E-state index < -0.39 is 9.84 Å². The van der Waals surface area contributed by atoms with Crippen LogP contribution in [0.4, 0.5) is 0 Å². The first-order valence-electron chi connectivity index (χ1n) is 5.44. The molecule has 0 unspecified atom stereocenters. The van der Waals surface area contributed by atoms with Gasteiger partial charge in [0.1, 0.15) is 15.6 Å². The van der Waals surface area contributed by atoms with Crippen molar-refractivity contribution in [1.29, 1.82) is 0 Å². The summed E-state index contributed by atoms with van der Waals surface area (Å²) < 4.78 is 22.2. The maximum Gasteiger partial charge on any atom is 0.150 e. The van der Waals surface area contributed by atoms with Crippen molar-refractivity contribution in [3.05, 3.63) is 0 Å². The standard InChI is InChI=1S/C10H21NO3S/c1-3-11-8-7-10(12)6-5-9-15(13,14)4-2/h11H,3-9H2,1-2H3. The minimum absolute atomic E-state index is 0.135. The summed E-state index contributed by atoms with van der Waals surface area (Å²) in [6, 6.07) is 0. The summed E-state index contributed by atoms with van der Waals surface area (Å²) in [5.41, 5.74) is 0. The number of ketones is 1. The Bertz CT molecular complexity index is 272. The van der Waals surface area contributed by atoms with E-state index in [0.717, 1.165) is 6.54 Å². The summed E-state index contributed by atoms with van der Waals surface area (Å²) >= 11 is 0. The monoisotopic (exact) mass is 235 g/mol. The van der Waals surface area contributed by atoms with Gasteiger partial charge in [-0.15, -0.1) is 0 Å². The highest BCUT2D eigenvalue weighted by molar-refractivity contribution is 7.91. The molecule has 0 aromatic rings. The summed E-state index contributed by atoms with van der Waals surface area (Å²) in [6.07, 6.45) is 1.34. The fourth-order valence-corrected chi connectivity index (χ4v) is 2.04. The Hall–Kier alpha value is -0.420. The summed E-state index contributed by atoms with van der Waals surface area (Å²) in [6.45, 7) is 5.16. The van der Waals surface area contributed by atoms with Crippen molar-refractivity contribution in [2.45, 2.75) is 33.1 Å². The van der Waals surface area contributed by atoms with E-state index in [-0.39, 0.29) is 17.3 Å². The Morgan fingerprint density at radius 2 is 1.87 bits per heavy atom. The van der Waals surface area contributed by atoms with Crippen LogP contribution in [0.2, 0.25) is 0 Å². The third kappa shape index (κ3) is 8.57. The van der Waals surface area contributed by atoms with Gasteiger partial charge in [0.15, 0.2) is 0 Å². The van der Waals surface area contributed by atoms with Gasteiger partial charge in [0.25, 0.3) is 0 Å². The van der Waals surface area contributed by atoms with Crippen molar-refractivity contribution < 1.29 is 13.2 Å². The van der Waals surface area contributed by atoms with Gasteiger partial charge >= 0.3 is 0 Å². The maximum absolute atomic E-state index is 11.3. The SMILES string of the molecule is CCNCCC(=O)CCCS(=O)(=O)CC. The topological polar surface area (TPSA) is 63.2 Å². The van der Waals surface area contributed by atoms with Crippen molar-refractivity contribution in [1.82, 2.24) is 5.32 Å². The quantitative estimate of drug-likeness (QED) is 0.600. The molecular weight excluding hydrogens is 214 g/mol. The van der Waals surface area contributed by atoms with Crippen LogP contribution in [0.3, 0.4) is 0 Å². The second kappa shape index (κ2) is 7.82. The number of nitrogens with one attached hydrogen (secondary N) is 1. The highest BCUT2D eigenvalue weighted by Crippen LogP contribution is 1.99. The van der Waals surface area contributed by atoms with E-state index in [1.54, 1.807) is 6.92 Å².